The maximum Gasteiger partial charge on any atom is 0.193 e. The molecule has 0 radical (unpaired) electrons. The Kier molecular flexibility index (Phi) is 8.02. The molecule has 0 bridgehead atoms. The molecule has 1 aliphatic carbocycles. The fourth-order valence-electron chi connectivity index (χ4n) is 1.97. The first-order valence-electron chi connectivity index (χ1n) is 7.16. The highest BCUT2D eigenvalue weighted by Gasteiger charge is 2.21. The standard InChI is InChI=1S/C14H25N5O.HI/c1-15-14(16-8-13-9-17-19(3)10-13)18(2)6-7-20-11-12-4-5-12;/h9-10,12H,4-8,11H2,1-3H3,(H,15,16);1H. The number of aliphatic imine (C=N–C) groups is 1. The van der Waals surface area contributed by atoms with E-state index in [4.69, 9.17) is 4.74 Å². The van der Waals surface area contributed by atoms with Crippen LogP contribution in [0.15, 0.2) is 17.4 Å². The van der Waals surface area contributed by atoms with E-state index in [1.54, 1.807) is 11.7 Å². The van der Waals surface area contributed by atoms with E-state index in [1.165, 1.54) is 12.8 Å². The molecule has 7 heteroatoms. The fourth-order valence-corrected chi connectivity index (χ4v) is 1.97. The molecule has 1 aromatic rings. The van der Waals surface area contributed by atoms with Gasteiger partial charge in [-0.05, 0) is 18.8 Å². The van der Waals surface area contributed by atoms with Crippen LogP contribution >= 0.6 is 24.0 Å². The fraction of sp³-hybridized carbons (Fsp3) is 0.714. The number of hydrogen-bond donors (Lipinski definition) is 1. The van der Waals surface area contributed by atoms with E-state index < -0.39 is 0 Å². The molecule has 1 saturated carbocycles. The van der Waals surface area contributed by atoms with Crippen molar-refractivity contribution in [3.63, 3.8) is 0 Å². The lowest BCUT2D eigenvalue weighted by molar-refractivity contribution is 0.115. The SMILES string of the molecule is CN=C(NCc1cnn(C)c1)N(C)CCOCC1CC1.I. The summed E-state index contributed by atoms with van der Waals surface area (Å²) in [6, 6.07) is 0. The molecule has 1 N–H and O–H groups in total. The summed E-state index contributed by atoms with van der Waals surface area (Å²) in [5.74, 6) is 1.70. The molecule has 0 amide bonds. The maximum atomic E-state index is 5.65. The Morgan fingerprint density at radius 3 is 2.90 bits per heavy atom. The highest BCUT2D eigenvalue weighted by Crippen LogP contribution is 2.28. The predicted molar refractivity (Wildman–Crippen MR) is 95.0 cm³/mol. The van der Waals surface area contributed by atoms with Crippen molar-refractivity contribution < 1.29 is 4.74 Å². The Balaban J connectivity index is 0.00000220. The third-order valence-corrected chi connectivity index (χ3v) is 3.40. The Morgan fingerprint density at radius 2 is 2.33 bits per heavy atom. The van der Waals surface area contributed by atoms with Crippen LogP contribution in [0.3, 0.4) is 0 Å². The molecular formula is C14H26IN5O. The molecule has 0 unspecified atom stereocenters. The van der Waals surface area contributed by atoms with Crippen LogP contribution in [0.25, 0.3) is 0 Å². The third-order valence-electron chi connectivity index (χ3n) is 3.40. The number of likely N-dealkylation sites (N-methyl/N-ethyl adjacent to an activating group) is 1. The van der Waals surface area contributed by atoms with Gasteiger partial charge < -0.3 is 15.0 Å². The van der Waals surface area contributed by atoms with Crippen LogP contribution < -0.4 is 5.32 Å². The second-order valence-corrected chi connectivity index (χ2v) is 5.36. The number of aromatic nitrogens is 2. The minimum atomic E-state index is 0. The normalized spacial score (nSPS) is 14.7. The number of halogens is 1. The minimum absolute atomic E-state index is 0. The highest BCUT2D eigenvalue weighted by atomic mass is 127. The van der Waals surface area contributed by atoms with Crippen LogP contribution in [0, 0.1) is 5.92 Å². The van der Waals surface area contributed by atoms with Gasteiger partial charge in [-0.25, -0.2) is 0 Å². The van der Waals surface area contributed by atoms with Gasteiger partial charge in [0, 0.05) is 52.6 Å². The van der Waals surface area contributed by atoms with Crippen molar-refractivity contribution in [2.75, 3.05) is 33.9 Å². The van der Waals surface area contributed by atoms with Crippen molar-refractivity contribution in [2.45, 2.75) is 19.4 Å². The molecule has 1 fully saturated rings. The molecule has 0 saturated heterocycles. The van der Waals surface area contributed by atoms with Gasteiger partial charge in [0.25, 0.3) is 0 Å². The van der Waals surface area contributed by atoms with Gasteiger partial charge in [-0.2, -0.15) is 5.10 Å². The molecule has 2 rings (SSSR count). The molecule has 1 aliphatic rings. The second-order valence-electron chi connectivity index (χ2n) is 5.36. The van der Waals surface area contributed by atoms with Crippen LogP contribution in [0.1, 0.15) is 18.4 Å². The molecule has 0 aromatic carbocycles. The zero-order chi connectivity index (χ0) is 14.4. The smallest absolute Gasteiger partial charge is 0.193 e. The summed E-state index contributed by atoms with van der Waals surface area (Å²) in [7, 11) is 5.74. The Hall–Kier alpha value is -0.830. The largest absolute Gasteiger partial charge is 0.379 e. The van der Waals surface area contributed by atoms with Gasteiger partial charge in [-0.1, -0.05) is 0 Å². The molecule has 0 spiro atoms. The van der Waals surface area contributed by atoms with Gasteiger partial charge >= 0.3 is 0 Å². The number of nitrogens with zero attached hydrogens (tertiary/aromatic N) is 4. The monoisotopic (exact) mass is 407 g/mol. The molecule has 120 valence electrons. The average Bonchev–Trinajstić information content (AvgIpc) is 3.17. The van der Waals surface area contributed by atoms with Crippen molar-refractivity contribution in [1.29, 1.82) is 0 Å². The zero-order valence-corrected chi connectivity index (χ0v) is 15.4. The highest BCUT2D eigenvalue weighted by molar-refractivity contribution is 14.0. The number of rotatable bonds is 7. The first kappa shape index (κ1) is 18.2. The summed E-state index contributed by atoms with van der Waals surface area (Å²) in [5, 5.41) is 7.48. The zero-order valence-electron chi connectivity index (χ0n) is 13.1. The Labute approximate surface area is 144 Å². The van der Waals surface area contributed by atoms with Gasteiger partial charge in [0.1, 0.15) is 0 Å². The van der Waals surface area contributed by atoms with Crippen molar-refractivity contribution in [2.24, 2.45) is 18.0 Å². The quantitative estimate of drug-likeness (QED) is 0.322. The number of nitrogens with one attached hydrogen (secondary N) is 1. The summed E-state index contributed by atoms with van der Waals surface area (Å²) >= 11 is 0. The maximum absolute atomic E-state index is 5.65. The number of ether oxygens (including phenoxy) is 1. The van der Waals surface area contributed by atoms with Gasteiger partial charge in [-0.15, -0.1) is 24.0 Å². The second kappa shape index (κ2) is 9.24. The molecule has 0 aliphatic heterocycles. The number of aryl methyl sites for hydroxylation is 1. The molecule has 1 aromatic heterocycles. The van der Waals surface area contributed by atoms with Gasteiger partial charge in [0.2, 0.25) is 0 Å². The van der Waals surface area contributed by atoms with Gasteiger partial charge in [-0.3, -0.25) is 9.67 Å². The first-order valence-corrected chi connectivity index (χ1v) is 7.16. The van der Waals surface area contributed by atoms with Crippen LogP contribution in [0.4, 0.5) is 0 Å². The van der Waals surface area contributed by atoms with E-state index >= 15 is 0 Å². The van der Waals surface area contributed by atoms with Crippen LogP contribution in [0.5, 0.6) is 0 Å². The van der Waals surface area contributed by atoms with E-state index in [2.05, 4.69) is 20.3 Å². The molecule has 1 heterocycles. The van der Waals surface area contributed by atoms with Crippen molar-refractivity contribution in [3.05, 3.63) is 18.0 Å². The lowest BCUT2D eigenvalue weighted by atomic mass is 10.3. The topological polar surface area (TPSA) is 54.7 Å². The number of hydrogen-bond acceptors (Lipinski definition) is 3. The van der Waals surface area contributed by atoms with Gasteiger partial charge in [0.05, 0.1) is 12.8 Å². The predicted octanol–water partition coefficient (Wildman–Crippen LogP) is 1.47. The van der Waals surface area contributed by atoms with E-state index in [-0.39, 0.29) is 24.0 Å². The Bertz CT molecular complexity index is 444. The van der Waals surface area contributed by atoms with Crippen molar-refractivity contribution in [1.82, 2.24) is 20.0 Å². The summed E-state index contributed by atoms with van der Waals surface area (Å²) < 4.78 is 7.45. The Morgan fingerprint density at radius 1 is 1.57 bits per heavy atom. The van der Waals surface area contributed by atoms with Crippen LogP contribution in [-0.2, 0) is 18.3 Å². The van der Waals surface area contributed by atoms with E-state index in [0.29, 0.717) is 0 Å². The lowest BCUT2D eigenvalue weighted by Gasteiger charge is -2.21. The molecule has 0 atom stereocenters. The summed E-state index contributed by atoms with van der Waals surface area (Å²) in [6.07, 6.45) is 6.53. The van der Waals surface area contributed by atoms with Crippen molar-refractivity contribution in [3.8, 4) is 0 Å². The average molecular weight is 407 g/mol. The lowest BCUT2D eigenvalue weighted by Crippen LogP contribution is -2.40. The minimum Gasteiger partial charge on any atom is -0.379 e. The molecule has 21 heavy (non-hydrogen) atoms. The van der Waals surface area contributed by atoms with E-state index in [9.17, 15) is 0 Å². The first-order chi connectivity index (χ1) is 9.69. The van der Waals surface area contributed by atoms with Gasteiger partial charge in [0.15, 0.2) is 5.96 Å². The molecular weight excluding hydrogens is 381 g/mol. The van der Waals surface area contributed by atoms with E-state index in [0.717, 1.165) is 43.7 Å². The van der Waals surface area contributed by atoms with Crippen molar-refractivity contribution >= 4 is 29.9 Å². The third kappa shape index (κ3) is 6.64. The molecule has 6 nitrogen and oxygen atoms in total. The van der Waals surface area contributed by atoms with Crippen LogP contribution in [-0.4, -0.2) is 54.5 Å². The summed E-state index contributed by atoms with van der Waals surface area (Å²) in [6.45, 7) is 3.24. The van der Waals surface area contributed by atoms with Crippen LogP contribution in [0.2, 0.25) is 0 Å². The van der Waals surface area contributed by atoms with E-state index in [1.807, 2.05) is 26.5 Å². The number of guanidine groups is 1. The summed E-state index contributed by atoms with van der Waals surface area (Å²) in [5.41, 5.74) is 1.15. The summed E-state index contributed by atoms with van der Waals surface area (Å²) in [4.78, 5) is 6.37.